The van der Waals surface area contributed by atoms with Crippen LogP contribution in [0.4, 0.5) is 0 Å². The van der Waals surface area contributed by atoms with Gasteiger partial charge in [-0.15, -0.1) is 0 Å². The molecule has 0 unspecified atom stereocenters. The molecule has 8 nitrogen and oxygen atoms in total. The Bertz CT molecular complexity index is 1040. The molecule has 0 bridgehead atoms. The molecule has 1 aromatic carbocycles. The molecule has 3 rings (SSSR count). The van der Waals surface area contributed by atoms with Crippen molar-refractivity contribution in [3.63, 3.8) is 0 Å². The van der Waals surface area contributed by atoms with Gasteiger partial charge in [-0.25, -0.2) is 4.98 Å². The summed E-state index contributed by atoms with van der Waals surface area (Å²) in [6, 6.07) is 5.61. The van der Waals surface area contributed by atoms with Crippen LogP contribution in [-0.4, -0.2) is 40.9 Å². The first kappa shape index (κ1) is 16.7. The van der Waals surface area contributed by atoms with E-state index in [0.717, 1.165) is 0 Å². The molecule has 0 aliphatic rings. The summed E-state index contributed by atoms with van der Waals surface area (Å²) in [6.07, 6.45) is 0. The predicted octanol–water partition coefficient (Wildman–Crippen LogP) is 2.66. The zero-order chi connectivity index (χ0) is 18.1. The van der Waals surface area contributed by atoms with E-state index in [1.807, 2.05) is 0 Å². The fourth-order valence-electron chi connectivity index (χ4n) is 2.64. The minimum Gasteiger partial charge on any atom is -0.493 e. The highest BCUT2D eigenvalue weighted by molar-refractivity contribution is 7.71. The van der Waals surface area contributed by atoms with Crippen LogP contribution in [0.3, 0.4) is 0 Å². The number of aryl methyl sites for hydroxylation is 1. The van der Waals surface area contributed by atoms with Crippen molar-refractivity contribution in [3.05, 3.63) is 28.3 Å². The summed E-state index contributed by atoms with van der Waals surface area (Å²) in [6.45, 7) is 1.78. The molecule has 9 heteroatoms. The largest absolute Gasteiger partial charge is 0.493 e. The van der Waals surface area contributed by atoms with E-state index < -0.39 is 0 Å². The van der Waals surface area contributed by atoms with Crippen LogP contribution < -0.4 is 14.2 Å². The van der Waals surface area contributed by atoms with Crippen LogP contribution in [0.5, 0.6) is 17.2 Å². The zero-order valence-corrected chi connectivity index (χ0v) is 14.9. The molecule has 2 aromatic heterocycles. The summed E-state index contributed by atoms with van der Waals surface area (Å²) >= 11 is 5.36. The van der Waals surface area contributed by atoms with E-state index in [2.05, 4.69) is 21.3 Å². The molecular formula is C16H15N5O3S. The molecule has 0 aliphatic carbocycles. The van der Waals surface area contributed by atoms with Crippen LogP contribution in [-0.2, 0) is 0 Å². The van der Waals surface area contributed by atoms with Gasteiger partial charge in [0.25, 0.3) is 0 Å². The first-order chi connectivity index (χ1) is 12.0. The zero-order valence-electron chi connectivity index (χ0n) is 14.1. The standard InChI is InChI=1S/C16H15N5O3S/c1-8-19-20-15-10(7-17)13(18-16(25)21(8)15)9-5-11(22-2)14(24-4)12(6-9)23-3/h5-6,20H,1-4H3. The van der Waals surface area contributed by atoms with Gasteiger partial charge >= 0.3 is 0 Å². The third kappa shape index (κ3) is 2.56. The van der Waals surface area contributed by atoms with Gasteiger partial charge in [0.15, 0.2) is 17.1 Å². The monoisotopic (exact) mass is 357 g/mol. The number of rotatable bonds is 4. The fourth-order valence-corrected chi connectivity index (χ4v) is 2.96. The second-order valence-corrected chi connectivity index (χ2v) is 5.46. The second-order valence-electron chi connectivity index (χ2n) is 5.10. The minimum atomic E-state index is 0.295. The van der Waals surface area contributed by atoms with E-state index in [-0.39, 0.29) is 0 Å². The van der Waals surface area contributed by atoms with Crippen LogP contribution in [0.25, 0.3) is 16.9 Å². The lowest BCUT2D eigenvalue weighted by atomic mass is 10.1. The van der Waals surface area contributed by atoms with Gasteiger partial charge in [-0.2, -0.15) is 10.4 Å². The van der Waals surface area contributed by atoms with Gasteiger partial charge in [-0.3, -0.25) is 9.50 Å². The van der Waals surface area contributed by atoms with Gasteiger partial charge in [0, 0.05) is 5.56 Å². The lowest BCUT2D eigenvalue weighted by Gasteiger charge is -2.14. The maximum Gasteiger partial charge on any atom is 0.207 e. The maximum atomic E-state index is 9.66. The van der Waals surface area contributed by atoms with Crippen molar-refractivity contribution in [2.75, 3.05) is 21.3 Å². The molecule has 2 heterocycles. The first-order valence-corrected chi connectivity index (χ1v) is 7.64. The number of aromatic nitrogens is 4. The number of methoxy groups -OCH3 is 3. The molecular weight excluding hydrogens is 342 g/mol. The highest BCUT2D eigenvalue weighted by Crippen LogP contribution is 2.41. The number of nitrogens with one attached hydrogen (secondary N) is 1. The van der Waals surface area contributed by atoms with Crippen molar-refractivity contribution in [1.82, 2.24) is 19.6 Å². The summed E-state index contributed by atoms with van der Waals surface area (Å²) < 4.78 is 18.0. The van der Waals surface area contributed by atoms with Crippen molar-refractivity contribution in [2.24, 2.45) is 0 Å². The average molecular weight is 357 g/mol. The Morgan fingerprint density at radius 1 is 1.16 bits per heavy atom. The van der Waals surface area contributed by atoms with Gasteiger partial charge in [-0.05, 0) is 31.3 Å². The van der Waals surface area contributed by atoms with Gasteiger partial charge in [0.05, 0.1) is 27.0 Å². The summed E-state index contributed by atoms with van der Waals surface area (Å²) in [4.78, 5) is 4.43. The normalized spacial score (nSPS) is 10.5. The number of aromatic amines is 1. The van der Waals surface area contributed by atoms with Crippen LogP contribution in [0.1, 0.15) is 11.4 Å². The minimum absolute atomic E-state index is 0.295. The summed E-state index contributed by atoms with van der Waals surface area (Å²) in [5, 5.41) is 16.6. The van der Waals surface area contributed by atoms with Crippen LogP contribution in [0.15, 0.2) is 12.1 Å². The molecule has 128 valence electrons. The number of nitrogens with zero attached hydrogens (tertiary/aromatic N) is 4. The van der Waals surface area contributed by atoms with Gasteiger partial charge < -0.3 is 14.2 Å². The quantitative estimate of drug-likeness (QED) is 0.717. The van der Waals surface area contributed by atoms with E-state index in [0.29, 0.717) is 50.3 Å². The molecule has 0 radical (unpaired) electrons. The molecule has 3 aromatic rings. The Hall–Kier alpha value is -3.12. The number of H-pyrrole nitrogens is 1. The lowest BCUT2D eigenvalue weighted by Crippen LogP contribution is -2.01. The van der Waals surface area contributed by atoms with Crippen molar-refractivity contribution < 1.29 is 14.2 Å². The second kappa shape index (κ2) is 6.41. The highest BCUT2D eigenvalue weighted by Gasteiger charge is 2.20. The van der Waals surface area contributed by atoms with Crippen molar-refractivity contribution >= 4 is 17.9 Å². The Morgan fingerprint density at radius 2 is 1.80 bits per heavy atom. The first-order valence-electron chi connectivity index (χ1n) is 7.23. The summed E-state index contributed by atoms with van der Waals surface area (Å²) in [5.74, 6) is 2.00. The molecule has 0 aliphatic heterocycles. The molecule has 0 amide bonds. The lowest BCUT2D eigenvalue weighted by molar-refractivity contribution is 0.324. The van der Waals surface area contributed by atoms with Crippen LogP contribution >= 0.6 is 12.2 Å². The van der Waals surface area contributed by atoms with E-state index in [4.69, 9.17) is 26.4 Å². The highest BCUT2D eigenvalue weighted by atomic mass is 32.1. The smallest absolute Gasteiger partial charge is 0.207 e. The number of nitriles is 1. The van der Waals surface area contributed by atoms with Gasteiger partial charge in [0.1, 0.15) is 17.5 Å². The topological polar surface area (TPSA) is 97.5 Å². The van der Waals surface area contributed by atoms with E-state index in [9.17, 15) is 5.26 Å². The van der Waals surface area contributed by atoms with Crippen LogP contribution in [0, 0.1) is 23.0 Å². The Morgan fingerprint density at radius 3 is 2.32 bits per heavy atom. The fraction of sp³-hybridized carbons (Fsp3) is 0.250. The molecule has 0 saturated carbocycles. The van der Waals surface area contributed by atoms with Crippen LogP contribution in [0.2, 0.25) is 0 Å². The number of fused-ring (bicyclic) bond motifs is 1. The van der Waals surface area contributed by atoms with E-state index in [1.165, 1.54) is 21.3 Å². The maximum absolute atomic E-state index is 9.66. The van der Waals surface area contributed by atoms with Crippen molar-refractivity contribution in [2.45, 2.75) is 6.92 Å². The third-order valence-corrected chi connectivity index (χ3v) is 4.07. The van der Waals surface area contributed by atoms with Gasteiger partial charge in [-0.1, -0.05) is 0 Å². The molecule has 0 atom stereocenters. The Kier molecular flexibility index (Phi) is 4.29. The number of hydrogen-bond donors (Lipinski definition) is 1. The summed E-state index contributed by atoms with van der Waals surface area (Å²) in [7, 11) is 4.57. The van der Waals surface area contributed by atoms with Crippen molar-refractivity contribution in [1.29, 1.82) is 5.26 Å². The Labute approximate surface area is 148 Å². The third-order valence-electron chi connectivity index (χ3n) is 3.79. The predicted molar refractivity (Wildman–Crippen MR) is 92.7 cm³/mol. The van der Waals surface area contributed by atoms with E-state index in [1.54, 1.807) is 23.5 Å². The van der Waals surface area contributed by atoms with Crippen molar-refractivity contribution in [3.8, 4) is 34.6 Å². The SMILES string of the molecule is COc1cc(-c2nc(=S)n3c(C)n[nH]c3c2C#N)cc(OC)c1OC. The van der Waals surface area contributed by atoms with Gasteiger partial charge in [0.2, 0.25) is 10.5 Å². The molecule has 0 fully saturated rings. The molecule has 25 heavy (non-hydrogen) atoms. The number of hydrogen-bond acceptors (Lipinski definition) is 7. The average Bonchev–Trinajstić information content (AvgIpc) is 3.02. The molecule has 1 N–H and O–H groups in total. The number of benzene rings is 1. The van der Waals surface area contributed by atoms with E-state index >= 15 is 0 Å². The molecule has 0 spiro atoms. The number of ether oxygens (including phenoxy) is 3. The summed E-state index contributed by atoms with van der Waals surface area (Å²) in [5.41, 5.74) is 1.84. The molecule has 0 saturated heterocycles. The Balaban J connectivity index is 2.37.